The Balaban J connectivity index is 2.42. The van der Waals surface area contributed by atoms with Crippen LogP contribution in [0.5, 0.6) is 5.75 Å². The van der Waals surface area contributed by atoms with Crippen LogP contribution in [0.3, 0.4) is 0 Å². The first kappa shape index (κ1) is 13.7. The lowest BCUT2D eigenvalue weighted by atomic mass is 10.1. The SMILES string of the molecule is CCCOc1cncc(-c2[nH]cnc(=S)c2CC)c1. The molecule has 2 rings (SSSR count). The molecule has 0 atom stereocenters. The van der Waals surface area contributed by atoms with Gasteiger partial charge in [-0.1, -0.05) is 26.1 Å². The van der Waals surface area contributed by atoms with Gasteiger partial charge < -0.3 is 9.72 Å². The highest BCUT2D eigenvalue weighted by Gasteiger charge is 2.08. The highest BCUT2D eigenvalue weighted by atomic mass is 32.1. The van der Waals surface area contributed by atoms with Crippen LogP contribution >= 0.6 is 12.2 Å². The molecule has 2 heterocycles. The Labute approximate surface area is 117 Å². The zero-order valence-electron chi connectivity index (χ0n) is 11.1. The number of H-pyrrole nitrogens is 1. The van der Waals surface area contributed by atoms with Gasteiger partial charge in [0.1, 0.15) is 10.4 Å². The van der Waals surface area contributed by atoms with Crippen molar-refractivity contribution in [2.45, 2.75) is 26.7 Å². The molecule has 0 radical (unpaired) electrons. The van der Waals surface area contributed by atoms with Crippen molar-refractivity contribution in [3.63, 3.8) is 0 Å². The summed E-state index contributed by atoms with van der Waals surface area (Å²) in [4.78, 5) is 11.5. The van der Waals surface area contributed by atoms with Crippen LogP contribution in [0.2, 0.25) is 0 Å². The van der Waals surface area contributed by atoms with E-state index in [2.05, 4.69) is 28.8 Å². The summed E-state index contributed by atoms with van der Waals surface area (Å²) in [6.07, 6.45) is 6.95. The summed E-state index contributed by atoms with van der Waals surface area (Å²) in [6, 6.07) is 1.97. The van der Waals surface area contributed by atoms with E-state index in [0.717, 1.165) is 35.4 Å². The molecule has 0 saturated heterocycles. The molecule has 0 aliphatic carbocycles. The maximum absolute atomic E-state index is 5.60. The second-order valence-corrected chi connectivity index (χ2v) is 4.56. The Morgan fingerprint density at radius 2 is 2.16 bits per heavy atom. The summed E-state index contributed by atoms with van der Waals surface area (Å²) in [5.41, 5.74) is 2.97. The maximum Gasteiger partial charge on any atom is 0.138 e. The second-order valence-electron chi connectivity index (χ2n) is 4.17. The summed E-state index contributed by atoms with van der Waals surface area (Å²) in [5.74, 6) is 0.775. The summed E-state index contributed by atoms with van der Waals surface area (Å²) in [6.45, 7) is 4.83. The highest BCUT2D eigenvalue weighted by molar-refractivity contribution is 7.71. The smallest absolute Gasteiger partial charge is 0.138 e. The van der Waals surface area contributed by atoms with Crippen LogP contribution < -0.4 is 4.74 Å². The van der Waals surface area contributed by atoms with Crippen molar-refractivity contribution < 1.29 is 4.74 Å². The summed E-state index contributed by atoms with van der Waals surface area (Å²) in [5, 5.41) is 0. The average molecular weight is 275 g/mol. The molecule has 0 aliphatic heterocycles. The molecule has 5 heteroatoms. The van der Waals surface area contributed by atoms with Crippen molar-refractivity contribution in [2.24, 2.45) is 0 Å². The maximum atomic E-state index is 5.60. The fourth-order valence-corrected chi connectivity index (χ4v) is 2.17. The lowest BCUT2D eigenvalue weighted by molar-refractivity contribution is 0.316. The molecule has 100 valence electrons. The fraction of sp³-hybridized carbons (Fsp3) is 0.357. The predicted molar refractivity (Wildman–Crippen MR) is 77.8 cm³/mol. The van der Waals surface area contributed by atoms with Gasteiger partial charge in [0, 0.05) is 17.3 Å². The number of aromatic amines is 1. The van der Waals surface area contributed by atoms with Gasteiger partial charge in [0.25, 0.3) is 0 Å². The summed E-state index contributed by atoms with van der Waals surface area (Å²) in [7, 11) is 0. The number of aromatic nitrogens is 3. The van der Waals surface area contributed by atoms with Crippen molar-refractivity contribution in [2.75, 3.05) is 6.61 Å². The standard InChI is InChI=1S/C14H17N3OS/c1-3-5-18-11-6-10(7-15-8-11)13-12(4-2)14(19)17-9-16-13/h6-9H,3-5H2,1-2H3,(H,16,17,19). The molecule has 0 saturated carbocycles. The topological polar surface area (TPSA) is 50.8 Å². The normalized spacial score (nSPS) is 10.4. The van der Waals surface area contributed by atoms with E-state index in [9.17, 15) is 0 Å². The molecule has 1 N–H and O–H groups in total. The highest BCUT2D eigenvalue weighted by Crippen LogP contribution is 2.24. The molecule has 0 aliphatic rings. The first-order valence-electron chi connectivity index (χ1n) is 6.41. The largest absolute Gasteiger partial charge is 0.492 e. The molecule has 4 nitrogen and oxygen atoms in total. The zero-order chi connectivity index (χ0) is 13.7. The van der Waals surface area contributed by atoms with Crippen LogP contribution in [0, 0.1) is 4.64 Å². The van der Waals surface area contributed by atoms with Crippen molar-refractivity contribution in [3.8, 4) is 17.0 Å². The van der Waals surface area contributed by atoms with E-state index in [1.165, 1.54) is 0 Å². The molecule has 2 aromatic heterocycles. The van der Waals surface area contributed by atoms with Gasteiger partial charge >= 0.3 is 0 Å². The number of nitrogens with zero attached hydrogens (tertiary/aromatic N) is 2. The van der Waals surface area contributed by atoms with E-state index in [4.69, 9.17) is 17.0 Å². The Morgan fingerprint density at radius 3 is 2.89 bits per heavy atom. The predicted octanol–water partition coefficient (Wildman–Crippen LogP) is 3.55. The van der Waals surface area contributed by atoms with Gasteiger partial charge in [-0.05, 0) is 18.9 Å². The lowest BCUT2D eigenvalue weighted by Crippen LogP contribution is -1.98. The van der Waals surface area contributed by atoms with Crippen LogP contribution in [-0.4, -0.2) is 21.6 Å². The van der Waals surface area contributed by atoms with Crippen molar-refractivity contribution in [3.05, 3.63) is 35.0 Å². The first-order valence-corrected chi connectivity index (χ1v) is 6.81. The molecular weight excluding hydrogens is 258 g/mol. The van der Waals surface area contributed by atoms with Crippen LogP contribution in [0.1, 0.15) is 25.8 Å². The molecular formula is C14H17N3OS. The molecule has 0 bridgehead atoms. The van der Waals surface area contributed by atoms with Crippen molar-refractivity contribution in [1.29, 1.82) is 0 Å². The molecule has 2 aromatic rings. The van der Waals surface area contributed by atoms with Gasteiger partial charge in [0.15, 0.2) is 0 Å². The average Bonchev–Trinajstić information content (AvgIpc) is 2.45. The van der Waals surface area contributed by atoms with Crippen LogP contribution in [0.15, 0.2) is 24.8 Å². The number of pyridine rings is 1. The van der Waals surface area contributed by atoms with Gasteiger partial charge in [-0.15, -0.1) is 0 Å². The number of hydrogen-bond acceptors (Lipinski definition) is 4. The van der Waals surface area contributed by atoms with Crippen LogP contribution in [-0.2, 0) is 6.42 Å². The van der Waals surface area contributed by atoms with Gasteiger partial charge in [-0.2, -0.15) is 0 Å². The van der Waals surface area contributed by atoms with Crippen LogP contribution in [0.4, 0.5) is 0 Å². The molecule has 0 aromatic carbocycles. The first-order chi connectivity index (χ1) is 9.26. The van der Waals surface area contributed by atoms with E-state index in [0.29, 0.717) is 11.2 Å². The van der Waals surface area contributed by atoms with Gasteiger partial charge in [-0.25, -0.2) is 4.98 Å². The van der Waals surface area contributed by atoms with E-state index < -0.39 is 0 Å². The Hall–Kier alpha value is -1.75. The zero-order valence-corrected chi connectivity index (χ0v) is 12.0. The molecule has 19 heavy (non-hydrogen) atoms. The van der Waals surface area contributed by atoms with Crippen molar-refractivity contribution >= 4 is 12.2 Å². The molecule has 0 unspecified atom stereocenters. The number of rotatable bonds is 5. The molecule has 0 spiro atoms. The summed E-state index contributed by atoms with van der Waals surface area (Å²) >= 11 is 5.26. The fourth-order valence-electron chi connectivity index (χ4n) is 1.87. The third-order valence-electron chi connectivity index (χ3n) is 2.78. The minimum atomic E-state index is 0.635. The number of ether oxygens (including phenoxy) is 1. The van der Waals surface area contributed by atoms with Gasteiger partial charge in [-0.3, -0.25) is 4.98 Å². The third kappa shape index (κ3) is 3.17. The van der Waals surface area contributed by atoms with Gasteiger partial charge in [0.05, 0.1) is 24.8 Å². The Morgan fingerprint density at radius 1 is 1.32 bits per heavy atom. The Bertz CT molecular complexity index is 610. The quantitative estimate of drug-likeness (QED) is 0.848. The van der Waals surface area contributed by atoms with E-state index >= 15 is 0 Å². The third-order valence-corrected chi connectivity index (χ3v) is 3.13. The minimum Gasteiger partial charge on any atom is -0.492 e. The van der Waals surface area contributed by atoms with E-state index in [1.54, 1.807) is 18.7 Å². The molecule has 0 fully saturated rings. The molecule has 0 amide bonds. The van der Waals surface area contributed by atoms with Crippen molar-refractivity contribution in [1.82, 2.24) is 15.0 Å². The van der Waals surface area contributed by atoms with Gasteiger partial charge in [0.2, 0.25) is 0 Å². The second kappa shape index (κ2) is 6.43. The number of hydrogen-bond donors (Lipinski definition) is 1. The number of nitrogens with one attached hydrogen (secondary N) is 1. The van der Waals surface area contributed by atoms with E-state index in [1.807, 2.05) is 6.07 Å². The monoisotopic (exact) mass is 275 g/mol. The minimum absolute atomic E-state index is 0.635. The lowest BCUT2D eigenvalue weighted by Gasteiger charge is -2.09. The Kier molecular flexibility index (Phi) is 4.63. The van der Waals surface area contributed by atoms with Crippen LogP contribution in [0.25, 0.3) is 11.3 Å². The summed E-state index contributed by atoms with van der Waals surface area (Å²) < 4.78 is 6.24. The van der Waals surface area contributed by atoms with E-state index in [-0.39, 0.29) is 0 Å².